The Labute approximate surface area is 335 Å². The highest BCUT2D eigenvalue weighted by atomic mass is 32.2. The van der Waals surface area contributed by atoms with E-state index in [9.17, 15) is 18.3 Å². The van der Waals surface area contributed by atoms with Crippen LogP contribution in [-0.2, 0) is 10.1 Å². The van der Waals surface area contributed by atoms with Gasteiger partial charge in [0.1, 0.15) is 17.0 Å². The predicted octanol–water partition coefficient (Wildman–Crippen LogP) is 11.7. The molecule has 2 N–H and O–H groups in total. The minimum atomic E-state index is -5.84. The summed E-state index contributed by atoms with van der Waals surface area (Å²) in [6.07, 6.45) is 8.16. The van der Waals surface area contributed by atoms with Crippen LogP contribution in [0.25, 0.3) is 88.7 Å². The van der Waals surface area contributed by atoms with Crippen molar-refractivity contribution in [2.45, 2.75) is 5.51 Å². The van der Waals surface area contributed by atoms with Crippen LogP contribution in [0.15, 0.2) is 176 Å². The molecule has 0 spiro atoms. The second kappa shape index (κ2) is 14.6. The Morgan fingerprint density at radius 2 is 0.898 bits per heavy atom. The summed E-state index contributed by atoms with van der Waals surface area (Å²) >= 11 is 0. The van der Waals surface area contributed by atoms with E-state index < -0.39 is 15.6 Å². The third-order valence-corrected chi connectivity index (χ3v) is 10.8. The number of hydrogen-bond acceptors (Lipinski definition) is 5. The number of aromatic hydroxyl groups is 1. The number of rotatable bonds is 5. The monoisotopic (exact) mass is 804 g/mol. The maximum absolute atomic E-state index is 11.1. The Kier molecular flexibility index (Phi) is 9.22. The number of aromatic nitrogens is 4. The number of benzene rings is 6. The van der Waals surface area contributed by atoms with Crippen LogP contribution in [0.1, 0.15) is 0 Å². The lowest BCUT2D eigenvalue weighted by molar-refractivity contribution is -0.0510. The highest BCUT2D eigenvalue weighted by Crippen LogP contribution is 2.40. The van der Waals surface area contributed by atoms with E-state index in [-0.39, 0.29) is 5.75 Å². The summed E-state index contributed by atoms with van der Waals surface area (Å²) in [4.78, 5) is 9.53. The van der Waals surface area contributed by atoms with Gasteiger partial charge in [0.25, 0.3) is 0 Å². The van der Waals surface area contributed by atoms with Gasteiger partial charge in [-0.3, -0.25) is 4.55 Å². The summed E-state index contributed by atoms with van der Waals surface area (Å²) in [6.45, 7) is 0. The van der Waals surface area contributed by atoms with E-state index in [1.54, 1.807) is 6.07 Å². The van der Waals surface area contributed by atoms with Gasteiger partial charge in [0.05, 0.1) is 11.4 Å². The highest BCUT2D eigenvalue weighted by Gasteiger charge is 2.44. The second-order valence-corrected chi connectivity index (χ2v) is 15.3. The molecule has 4 aromatic heterocycles. The molecular formula is C47H31F3N4O4S. The maximum atomic E-state index is 11.1. The Bertz CT molecular complexity index is 3240. The van der Waals surface area contributed by atoms with Crippen molar-refractivity contribution in [1.82, 2.24) is 18.8 Å². The molecule has 0 atom stereocenters. The average molecular weight is 805 g/mol. The largest absolute Gasteiger partial charge is 0.522 e. The third kappa shape index (κ3) is 7.38. The van der Waals surface area contributed by atoms with E-state index >= 15 is 0 Å². The molecule has 12 heteroatoms. The molecule has 0 saturated carbocycles. The molecule has 8 nitrogen and oxygen atoms in total. The Morgan fingerprint density at radius 1 is 0.492 bits per heavy atom. The van der Waals surface area contributed by atoms with Gasteiger partial charge in [0.2, 0.25) is 0 Å². The fourth-order valence-electron chi connectivity index (χ4n) is 7.20. The first kappa shape index (κ1) is 37.3. The summed E-state index contributed by atoms with van der Waals surface area (Å²) < 4.78 is 61.6. The predicted molar refractivity (Wildman–Crippen MR) is 225 cm³/mol. The van der Waals surface area contributed by atoms with Crippen molar-refractivity contribution in [3.05, 3.63) is 176 Å². The highest BCUT2D eigenvalue weighted by molar-refractivity contribution is 7.86. The fraction of sp³-hybridized carbons (Fsp3) is 0.0213. The van der Waals surface area contributed by atoms with Crippen molar-refractivity contribution < 1.29 is 31.2 Å². The molecule has 10 aromatic rings. The summed E-state index contributed by atoms with van der Waals surface area (Å²) in [5.41, 5.74) is 6.81. The minimum absolute atomic E-state index is 0.272. The zero-order chi connectivity index (χ0) is 40.9. The number of phenols is 1. The number of imidazole rings is 2. The van der Waals surface area contributed by atoms with Crippen LogP contribution in [0.5, 0.6) is 5.75 Å². The number of fused-ring (bicyclic) bond motifs is 4. The van der Waals surface area contributed by atoms with Gasteiger partial charge in [-0.2, -0.15) is 21.6 Å². The quantitative estimate of drug-likeness (QED) is 0.132. The average Bonchev–Trinajstić information content (AvgIpc) is 3.88. The van der Waals surface area contributed by atoms with Gasteiger partial charge in [-0.15, -0.1) is 0 Å². The van der Waals surface area contributed by atoms with Crippen LogP contribution in [0.2, 0.25) is 0 Å². The molecule has 0 bridgehead atoms. The number of phenolic OH excluding ortho intramolecular Hbond substituents is 1. The van der Waals surface area contributed by atoms with E-state index in [4.69, 9.17) is 22.9 Å². The van der Waals surface area contributed by atoms with Crippen LogP contribution < -0.4 is 0 Å². The Morgan fingerprint density at radius 3 is 1.39 bits per heavy atom. The molecule has 0 aliphatic carbocycles. The normalized spacial score (nSPS) is 11.9. The molecule has 6 aromatic carbocycles. The van der Waals surface area contributed by atoms with E-state index in [1.807, 2.05) is 63.7 Å². The summed E-state index contributed by atoms with van der Waals surface area (Å²) in [6, 6.07) is 52.5. The lowest BCUT2D eigenvalue weighted by atomic mass is 9.92. The van der Waals surface area contributed by atoms with E-state index in [0.717, 1.165) is 88.7 Å². The zero-order valence-corrected chi connectivity index (χ0v) is 31.6. The van der Waals surface area contributed by atoms with Crippen LogP contribution in [0.3, 0.4) is 0 Å². The van der Waals surface area contributed by atoms with Crippen molar-refractivity contribution in [2.24, 2.45) is 0 Å². The SMILES string of the molecule is O=S(=O)(O)C(F)(F)F.Oc1ccc2cc(-c3ccc(-c4cn5ccccc5n4)cc3)ccc2c1-c1ccc2cc(-c3ccc(-c4cn5ccccc5n4)cc3)ccc2c1. The van der Waals surface area contributed by atoms with Gasteiger partial charge in [0, 0.05) is 41.5 Å². The van der Waals surface area contributed by atoms with Gasteiger partial charge in [-0.1, -0.05) is 103 Å². The van der Waals surface area contributed by atoms with Gasteiger partial charge >= 0.3 is 15.6 Å². The first-order chi connectivity index (χ1) is 28.4. The van der Waals surface area contributed by atoms with Crippen LogP contribution in [0, 0.1) is 0 Å². The number of alkyl halides is 3. The van der Waals surface area contributed by atoms with E-state index in [0.29, 0.717) is 0 Å². The van der Waals surface area contributed by atoms with Gasteiger partial charge < -0.3 is 13.9 Å². The molecule has 0 amide bonds. The molecule has 0 saturated heterocycles. The van der Waals surface area contributed by atoms with Crippen molar-refractivity contribution in [3.63, 3.8) is 0 Å². The maximum Gasteiger partial charge on any atom is 0.522 e. The van der Waals surface area contributed by atoms with Crippen molar-refractivity contribution >= 4 is 43.0 Å². The van der Waals surface area contributed by atoms with Gasteiger partial charge in [-0.25, -0.2) is 9.97 Å². The summed E-state index contributed by atoms with van der Waals surface area (Å²) in [7, 11) is -5.84. The molecule has 59 heavy (non-hydrogen) atoms. The summed E-state index contributed by atoms with van der Waals surface area (Å²) in [5, 5.41) is 15.5. The minimum Gasteiger partial charge on any atom is -0.507 e. The third-order valence-electron chi connectivity index (χ3n) is 10.2. The number of hydrogen-bond donors (Lipinski definition) is 2. The van der Waals surface area contributed by atoms with Crippen LogP contribution >= 0.6 is 0 Å². The lowest BCUT2D eigenvalue weighted by Crippen LogP contribution is -2.21. The molecule has 290 valence electrons. The molecular weight excluding hydrogens is 774 g/mol. The Balaban J connectivity index is 0.000000512. The van der Waals surface area contributed by atoms with Crippen molar-refractivity contribution in [1.29, 1.82) is 0 Å². The van der Waals surface area contributed by atoms with E-state index in [1.165, 1.54) is 0 Å². The topological polar surface area (TPSA) is 109 Å². The summed E-state index contributed by atoms with van der Waals surface area (Å²) in [5.74, 6) is 0.272. The number of halogens is 3. The molecule has 0 unspecified atom stereocenters. The molecule has 0 radical (unpaired) electrons. The van der Waals surface area contributed by atoms with E-state index in [2.05, 4.69) is 116 Å². The smallest absolute Gasteiger partial charge is 0.507 e. The fourth-order valence-corrected chi connectivity index (χ4v) is 7.20. The van der Waals surface area contributed by atoms with Crippen molar-refractivity contribution in [2.75, 3.05) is 0 Å². The second-order valence-electron chi connectivity index (χ2n) is 13.9. The molecule has 4 heterocycles. The van der Waals surface area contributed by atoms with Gasteiger partial charge in [0.15, 0.2) is 0 Å². The van der Waals surface area contributed by atoms with Crippen LogP contribution in [-0.4, -0.2) is 42.4 Å². The van der Waals surface area contributed by atoms with Crippen LogP contribution in [0.4, 0.5) is 13.2 Å². The van der Waals surface area contributed by atoms with Crippen molar-refractivity contribution in [3.8, 4) is 61.6 Å². The zero-order valence-electron chi connectivity index (χ0n) is 30.8. The standard InChI is InChI=1S/C46H30N4O.CHF3O3S/c51-43-22-20-38-26-35(31-9-13-33(14-10-31)42-29-50-24-4-2-6-45(50)48-42)19-21-40(38)46(43)39-18-17-36-25-34(15-16-37(36)27-39)30-7-11-32(12-8-30)41-28-49-23-3-1-5-44(49)47-41;2-1(3,4)8(5,6)7/h1-29,51H;(H,5,6,7). The molecule has 10 rings (SSSR count). The molecule has 0 fully saturated rings. The molecule has 0 aliphatic rings. The molecule has 0 aliphatic heterocycles. The first-order valence-corrected chi connectivity index (χ1v) is 19.7. The van der Waals surface area contributed by atoms with Gasteiger partial charge in [-0.05, 0) is 97.9 Å². The Hall–Kier alpha value is -7.28. The lowest BCUT2D eigenvalue weighted by Gasteiger charge is -2.13. The first-order valence-electron chi connectivity index (χ1n) is 18.3. The number of nitrogens with zero attached hydrogens (tertiary/aromatic N) is 4. The number of pyridine rings is 2.